The fraction of sp³-hybridized carbons (Fsp3) is 0.263. The van der Waals surface area contributed by atoms with E-state index in [9.17, 15) is 9.59 Å². The average molecular weight is 310 g/mol. The fourth-order valence-corrected chi connectivity index (χ4v) is 2.42. The number of nitrogens with zero attached hydrogens (tertiary/aromatic N) is 1. The van der Waals surface area contributed by atoms with Crippen molar-refractivity contribution >= 4 is 28.8 Å². The molecule has 4 nitrogen and oxygen atoms in total. The third-order valence-electron chi connectivity index (χ3n) is 3.39. The van der Waals surface area contributed by atoms with Gasteiger partial charge in [-0.3, -0.25) is 9.59 Å². The molecule has 0 saturated carbocycles. The van der Waals surface area contributed by atoms with Crippen LogP contribution < -0.4 is 10.2 Å². The Morgan fingerprint density at radius 1 is 0.957 bits per heavy atom. The predicted molar refractivity (Wildman–Crippen MR) is 94.1 cm³/mol. The van der Waals surface area contributed by atoms with Crippen LogP contribution in [0.3, 0.4) is 0 Å². The SMILES string of the molecule is CC(=O)CC(=O)N(c1ccc(Nc2ccccc2)cc1)C(C)C. The molecule has 0 aliphatic heterocycles. The van der Waals surface area contributed by atoms with Gasteiger partial charge in [-0.05, 0) is 57.2 Å². The second kappa shape index (κ2) is 7.58. The van der Waals surface area contributed by atoms with Crippen LogP contribution in [0.1, 0.15) is 27.2 Å². The van der Waals surface area contributed by atoms with Gasteiger partial charge in [0.05, 0.1) is 6.42 Å². The van der Waals surface area contributed by atoms with Crippen LogP contribution >= 0.6 is 0 Å². The summed E-state index contributed by atoms with van der Waals surface area (Å²) in [5.41, 5.74) is 2.75. The van der Waals surface area contributed by atoms with Crippen molar-refractivity contribution in [1.29, 1.82) is 0 Å². The Kier molecular flexibility index (Phi) is 5.52. The largest absolute Gasteiger partial charge is 0.356 e. The van der Waals surface area contributed by atoms with Gasteiger partial charge in [-0.2, -0.15) is 0 Å². The smallest absolute Gasteiger partial charge is 0.234 e. The van der Waals surface area contributed by atoms with Crippen LogP contribution in [0.5, 0.6) is 0 Å². The van der Waals surface area contributed by atoms with E-state index in [2.05, 4.69) is 5.32 Å². The zero-order valence-electron chi connectivity index (χ0n) is 13.7. The summed E-state index contributed by atoms with van der Waals surface area (Å²) >= 11 is 0. The molecule has 0 aliphatic rings. The normalized spacial score (nSPS) is 10.4. The molecular formula is C19H22N2O2. The number of hydrogen-bond acceptors (Lipinski definition) is 3. The highest BCUT2D eigenvalue weighted by Gasteiger charge is 2.20. The van der Waals surface area contributed by atoms with E-state index in [1.807, 2.05) is 68.4 Å². The van der Waals surface area contributed by atoms with Crippen LogP contribution in [0, 0.1) is 0 Å². The summed E-state index contributed by atoms with van der Waals surface area (Å²) in [7, 11) is 0. The van der Waals surface area contributed by atoms with Crippen molar-refractivity contribution < 1.29 is 9.59 Å². The highest BCUT2D eigenvalue weighted by molar-refractivity contribution is 6.05. The van der Waals surface area contributed by atoms with E-state index in [1.165, 1.54) is 6.92 Å². The van der Waals surface area contributed by atoms with Gasteiger partial charge in [0.15, 0.2) is 0 Å². The van der Waals surface area contributed by atoms with Crippen LogP contribution in [0.25, 0.3) is 0 Å². The molecule has 0 fully saturated rings. The van der Waals surface area contributed by atoms with Crippen LogP contribution in [0.15, 0.2) is 54.6 Å². The summed E-state index contributed by atoms with van der Waals surface area (Å²) in [6, 6.07) is 17.5. The van der Waals surface area contributed by atoms with Crippen molar-refractivity contribution in [3.05, 3.63) is 54.6 Å². The third kappa shape index (κ3) is 4.68. The number of carbonyl (C=O) groups is 2. The van der Waals surface area contributed by atoms with Crippen LogP contribution in [0.2, 0.25) is 0 Å². The van der Waals surface area contributed by atoms with Gasteiger partial charge in [0.25, 0.3) is 0 Å². The van der Waals surface area contributed by atoms with E-state index in [-0.39, 0.29) is 24.2 Å². The molecular weight excluding hydrogens is 288 g/mol. The van der Waals surface area contributed by atoms with Crippen molar-refractivity contribution in [2.45, 2.75) is 33.2 Å². The van der Waals surface area contributed by atoms with Crippen LogP contribution in [-0.4, -0.2) is 17.7 Å². The quantitative estimate of drug-likeness (QED) is 0.815. The molecule has 0 spiro atoms. The lowest BCUT2D eigenvalue weighted by atomic mass is 10.2. The summed E-state index contributed by atoms with van der Waals surface area (Å²) in [6.07, 6.45) is -0.0673. The van der Waals surface area contributed by atoms with Crippen molar-refractivity contribution in [3.8, 4) is 0 Å². The van der Waals surface area contributed by atoms with E-state index in [1.54, 1.807) is 4.90 Å². The minimum absolute atomic E-state index is 0.00483. The van der Waals surface area contributed by atoms with Gasteiger partial charge in [0.2, 0.25) is 5.91 Å². The number of anilines is 3. The molecule has 0 atom stereocenters. The lowest BCUT2D eigenvalue weighted by Crippen LogP contribution is -2.37. The Morgan fingerprint density at radius 2 is 1.52 bits per heavy atom. The minimum atomic E-state index is -0.170. The molecule has 2 aromatic rings. The van der Waals surface area contributed by atoms with Gasteiger partial charge < -0.3 is 10.2 Å². The Bertz CT molecular complexity index is 664. The molecule has 1 amide bonds. The standard InChI is InChI=1S/C19H22N2O2/c1-14(2)21(19(23)13-15(3)22)18-11-9-17(10-12-18)20-16-7-5-4-6-8-16/h4-12,14,20H,13H2,1-3H3. The van der Waals surface area contributed by atoms with Gasteiger partial charge in [0, 0.05) is 23.1 Å². The van der Waals surface area contributed by atoms with Crippen molar-refractivity contribution in [3.63, 3.8) is 0 Å². The second-order valence-corrected chi connectivity index (χ2v) is 5.77. The molecule has 4 heteroatoms. The molecule has 0 unspecified atom stereocenters. The first-order chi connectivity index (χ1) is 11.0. The number of nitrogens with one attached hydrogen (secondary N) is 1. The molecule has 0 saturated heterocycles. The topological polar surface area (TPSA) is 49.4 Å². The third-order valence-corrected chi connectivity index (χ3v) is 3.39. The molecule has 0 radical (unpaired) electrons. The number of ketones is 1. The van der Waals surface area contributed by atoms with Crippen molar-refractivity contribution in [1.82, 2.24) is 0 Å². The molecule has 1 N–H and O–H groups in total. The van der Waals surface area contributed by atoms with Gasteiger partial charge in [-0.15, -0.1) is 0 Å². The Hall–Kier alpha value is -2.62. The fourth-order valence-electron chi connectivity index (χ4n) is 2.42. The Balaban J connectivity index is 2.15. The maximum absolute atomic E-state index is 12.3. The maximum atomic E-state index is 12.3. The first-order valence-electron chi connectivity index (χ1n) is 7.71. The zero-order valence-corrected chi connectivity index (χ0v) is 13.7. The van der Waals surface area contributed by atoms with E-state index in [4.69, 9.17) is 0 Å². The summed E-state index contributed by atoms with van der Waals surface area (Å²) in [5, 5.41) is 3.30. The monoisotopic (exact) mass is 310 g/mol. The van der Waals surface area contributed by atoms with Crippen molar-refractivity contribution in [2.24, 2.45) is 0 Å². The number of carbonyl (C=O) groups excluding carboxylic acids is 2. The number of para-hydroxylation sites is 1. The van der Waals surface area contributed by atoms with Crippen molar-refractivity contribution in [2.75, 3.05) is 10.2 Å². The Morgan fingerprint density at radius 3 is 2.04 bits per heavy atom. The molecule has 120 valence electrons. The molecule has 0 aromatic heterocycles. The van der Waals surface area contributed by atoms with E-state index in [0.717, 1.165) is 17.1 Å². The number of rotatable bonds is 6. The summed E-state index contributed by atoms with van der Waals surface area (Å²) in [5.74, 6) is -0.292. The summed E-state index contributed by atoms with van der Waals surface area (Å²) in [6.45, 7) is 5.31. The van der Waals surface area contributed by atoms with Gasteiger partial charge in [-0.1, -0.05) is 18.2 Å². The highest BCUT2D eigenvalue weighted by Crippen LogP contribution is 2.23. The first-order valence-corrected chi connectivity index (χ1v) is 7.71. The molecule has 2 aromatic carbocycles. The van der Waals surface area contributed by atoms with Crippen LogP contribution in [-0.2, 0) is 9.59 Å². The second-order valence-electron chi connectivity index (χ2n) is 5.77. The maximum Gasteiger partial charge on any atom is 0.234 e. The summed E-state index contributed by atoms with van der Waals surface area (Å²) < 4.78 is 0. The molecule has 2 rings (SSSR count). The number of hydrogen-bond donors (Lipinski definition) is 1. The van der Waals surface area contributed by atoms with E-state index in [0.29, 0.717) is 0 Å². The van der Waals surface area contributed by atoms with E-state index >= 15 is 0 Å². The predicted octanol–water partition coefficient (Wildman–Crippen LogP) is 4.15. The number of amides is 1. The molecule has 0 bridgehead atoms. The average Bonchev–Trinajstić information content (AvgIpc) is 2.49. The van der Waals surface area contributed by atoms with Gasteiger partial charge in [-0.25, -0.2) is 0 Å². The van der Waals surface area contributed by atoms with Crippen LogP contribution in [0.4, 0.5) is 17.1 Å². The van der Waals surface area contributed by atoms with Gasteiger partial charge in [0.1, 0.15) is 5.78 Å². The highest BCUT2D eigenvalue weighted by atomic mass is 16.2. The summed E-state index contributed by atoms with van der Waals surface area (Å²) in [4.78, 5) is 25.1. The molecule has 0 heterocycles. The number of Topliss-reactive ketones (excluding diaryl/α,β-unsaturated/α-hetero) is 1. The lowest BCUT2D eigenvalue weighted by Gasteiger charge is -2.27. The molecule has 23 heavy (non-hydrogen) atoms. The Labute approximate surface area is 137 Å². The number of benzene rings is 2. The van der Waals surface area contributed by atoms with E-state index < -0.39 is 0 Å². The minimum Gasteiger partial charge on any atom is -0.356 e. The lowest BCUT2D eigenvalue weighted by molar-refractivity contribution is -0.125. The first kappa shape index (κ1) is 16.7. The zero-order chi connectivity index (χ0) is 16.8. The van der Waals surface area contributed by atoms with Gasteiger partial charge >= 0.3 is 0 Å². The molecule has 0 aliphatic carbocycles.